The molecule has 0 atom stereocenters. The Balaban J connectivity index is 1.49. The fraction of sp³-hybridized carbons (Fsp3) is 0.190. The van der Waals surface area contributed by atoms with Crippen molar-refractivity contribution in [2.24, 2.45) is 0 Å². The lowest BCUT2D eigenvalue weighted by molar-refractivity contribution is -0.113. The zero-order valence-corrected chi connectivity index (χ0v) is 19.4. The van der Waals surface area contributed by atoms with Gasteiger partial charge in [-0.25, -0.2) is 9.59 Å². The number of methoxy groups -OCH3 is 1. The molecule has 0 aliphatic carbocycles. The second-order valence-electron chi connectivity index (χ2n) is 6.28. The number of para-hydroxylation sites is 1. The highest BCUT2D eigenvalue weighted by molar-refractivity contribution is 8.01. The summed E-state index contributed by atoms with van der Waals surface area (Å²) in [6, 6.07) is 13.0. The number of nitrogens with zero attached hydrogens (tertiary/aromatic N) is 2. The first-order chi connectivity index (χ1) is 16.0. The summed E-state index contributed by atoms with van der Waals surface area (Å²) in [6.07, 6.45) is 0. The molecule has 1 aromatic heterocycles. The molecule has 0 saturated carbocycles. The second-order valence-corrected chi connectivity index (χ2v) is 8.48. The maximum Gasteiger partial charge on any atom is 0.340 e. The van der Waals surface area contributed by atoms with Gasteiger partial charge in [-0.15, -0.1) is 10.2 Å². The number of hydrogen-bond acceptors (Lipinski definition) is 9. The van der Waals surface area contributed by atoms with E-state index in [1.165, 1.54) is 0 Å². The smallest absolute Gasteiger partial charge is 0.340 e. The van der Waals surface area contributed by atoms with E-state index >= 15 is 0 Å². The Hall–Kier alpha value is -3.64. The van der Waals surface area contributed by atoms with Gasteiger partial charge in [0.15, 0.2) is 4.34 Å². The van der Waals surface area contributed by atoms with Crippen molar-refractivity contribution in [3.8, 4) is 5.75 Å². The minimum atomic E-state index is -0.506. The van der Waals surface area contributed by atoms with Crippen molar-refractivity contribution in [2.45, 2.75) is 11.3 Å². The van der Waals surface area contributed by atoms with E-state index in [0.29, 0.717) is 21.5 Å². The van der Waals surface area contributed by atoms with E-state index in [9.17, 15) is 14.4 Å². The number of amides is 3. The Morgan fingerprint density at radius 3 is 2.48 bits per heavy atom. The number of nitrogens with one attached hydrogen (secondary N) is 3. The molecule has 3 N–H and O–H groups in total. The van der Waals surface area contributed by atoms with Gasteiger partial charge in [-0.05, 0) is 43.3 Å². The fourth-order valence-electron chi connectivity index (χ4n) is 2.54. The number of aromatic nitrogens is 2. The lowest BCUT2D eigenvalue weighted by Crippen LogP contribution is -2.19. The number of rotatable bonds is 9. The standard InChI is InChI=1S/C21H21N5O5S2/c1-3-31-18(28)15-6-4-5-7-16(15)23-17(27)12-32-21-26-25-20(33-21)24-19(29)22-13-8-10-14(30-2)11-9-13/h4-11H,3,12H2,1-2H3,(H,23,27)(H2,22,24,25,29). The Kier molecular flexibility index (Phi) is 8.61. The molecule has 0 fully saturated rings. The van der Waals surface area contributed by atoms with Crippen LogP contribution in [0.25, 0.3) is 0 Å². The van der Waals surface area contributed by atoms with Gasteiger partial charge in [-0.1, -0.05) is 35.2 Å². The maximum absolute atomic E-state index is 12.3. The number of carbonyl (C=O) groups excluding carboxylic acids is 3. The van der Waals surface area contributed by atoms with Crippen LogP contribution in [-0.4, -0.2) is 47.6 Å². The molecule has 0 bridgehead atoms. The van der Waals surface area contributed by atoms with Crippen molar-refractivity contribution in [2.75, 3.05) is 35.4 Å². The van der Waals surface area contributed by atoms with Crippen LogP contribution in [0.5, 0.6) is 5.75 Å². The molecule has 0 spiro atoms. The first kappa shape index (κ1) is 24.0. The van der Waals surface area contributed by atoms with Crippen LogP contribution in [0.4, 0.5) is 21.3 Å². The van der Waals surface area contributed by atoms with Crippen LogP contribution >= 0.6 is 23.1 Å². The van der Waals surface area contributed by atoms with Gasteiger partial charge in [0, 0.05) is 5.69 Å². The molecule has 12 heteroatoms. The van der Waals surface area contributed by atoms with Crippen LogP contribution in [0.2, 0.25) is 0 Å². The van der Waals surface area contributed by atoms with Gasteiger partial charge < -0.3 is 20.1 Å². The van der Waals surface area contributed by atoms with Gasteiger partial charge in [-0.2, -0.15) is 0 Å². The lowest BCUT2D eigenvalue weighted by Gasteiger charge is -2.09. The minimum absolute atomic E-state index is 0.0455. The van der Waals surface area contributed by atoms with Gasteiger partial charge in [0.2, 0.25) is 11.0 Å². The summed E-state index contributed by atoms with van der Waals surface area (Å²) in [7, 11) is 1.56. The van der Waals surface area contributed by atoms with E-state index in [2.05, 4.69) is 26.1 Å². The summed E-state index contributed by atoms with van der Waals surface area (Å²) < 4.78 is 10.6. The third kappa shape index (κ3) is 7.19. The van der Waals surface area contributed by atoms with Crippen LogP contribution in [-0.2, 0) is 9.53 Å². The highest BCUT2D eigenvalue weighted by atomic mass is 32.2. The molecular weight excluding hydrogens is 466 g/mol. The fourth-order valence-corrected chi connectivity index (χ4v) is 4.09. The molecule has 2 aromatic carbocycles. The largest absolute Gasteiger partial charge is 0.497 e. The summed E-state index contributed by atoms with van der Waals surface area (Å²) in [5.74, 6) is -0.100. The summed E-state index contributed by atoms with van der Waals surface area (Å²) in [4.78, 5) is 36.5. The van der Waals surface area contributed by atoms with E-state index in [0.717, 1.165) is 23.1 Å². The Morgan fingerprint density at radius 1 is 1.00 bits per heavy atom. The number of benzene rings is 2. The van der Waals surface area contributed by atoms with E-state index in [-0.39, 0.29) is 29.0 Å². The normalized spacial score (nSPS) is 10.2. The van der Waals surface area contributed by atoms with E-state index in [1.54, 1.807) is 62.6 Å². The Labute approximate surface area is 198 Å². The number of esters is 1. The molecule has 33 heavy (non-hydrogen) atoms. The summed E-state index contributed by atoms with van der Waals surface area (Å²) >= 11 is 2.29. The maximum atomic E-state index is 12.3. The van der Waals surface area contributed by atoms with Crippen LogP contribution < -0.4 is 20.7 Å². The van der Waals surface area contributed by atoms with E-state index < -0.39 is 12.0 Å². The first-order valence-electron chi connectivity index (χ1n) is 9.73. The Bertz CT molecular complexity index is 1120. The van der Waals surface area contributed by atoms with Gasteiger partial charge in [0.1, 0.15) is 5.75 Å². The van der Waals surface area contributed by atoms with E-state index in [1.807, 2.05) is 0 Å². The molecule has 3 aromatic rings. The molecule has 3 rings (SSSR count). The average Bonchev–Trinajstić information content (AvgIpc) is 3.26. The summed E-state index contributed by atoms with van der Waals surface area (Å²) in [5.41, 5.74) is 1.24. The lowest BCUT2D eigenvalue weighted by atomic mass is 10.2. The molecule has 0 unspecified atom stereocenters. The number of carbonyl (C=O) groups is 3. The summed E-state index contributed by atoms with van der Waals surface area (Å²) in [6.45, 7) is 1.95. The molecule has 172 valence electrons. The molecular formula is C21H21N5O5S2. The quantitative estimate of drug-likeness (QED) is 0.234. The second kappa shape index (κ2) is 11.8. The zero-order valence-electron chi connectivity index (χ0n) is 17.8. The zero-order chi connectivity index (χ0) is 23.6. The average molecular weight is 488 g/mol. The molecule has 0 radical (unpaired) electrons. The topological polar surface area (TPSA) is 132 Å². The predicted molar refractivity (Wildman–Crippen MR) is 127 cm³/mol. The first-order valence-corrected chi connectivity index (χ1v) is 11.5. The van der Waals surface area contributed by atoms with Gasteiger partial charge in [0.25, 0.3) is 0 Å². The van der Waals surface area contributed by atoms with Crippen LogP contribution in [0.3, 0.4) is 0 Å². The highest BCUT2D eigenvalue weighted by Crippen LogP contribution is 2.26. The van der Waals surface area contributed by atoms with Gasteiger partial charge >= 0.3 is 12.0 Å². The van der Waals surface area contributed by atoms with Crippen LogP contribution in [0.1, 0.15) is 17.3 Å². The third-order valence-corrected chi connectivity index (χ3v) is 5.97. The third-order valence-electron chi connectivity index (χ3n) is 4.00. The van der Waals surface area contributed by atoms with Crippen molar-refractivity contribution >= 4 is 57.5 Å². The summed E-state index contributed by atoms with van der Waals surface area (Å²) in [5, 5.41) is 16.1. The van der Waals surface area contributed by atoms with Crippen molar-refractivity contribution in [3.05, 3.63) is 54.1 Å². The molecule has 10 nitrogen and oxygen atoms in total. The number of urea groups is 1. The minimum Gasteiger partial charge on any atom is -0.497 e. The van der Waals surface area contributed by atoms with Crippen molar-refractivity contribution in [3.63, 3.8) is 0 Å². The number of thioether (sulfide) groups is 1. The molecule has 0 saturated heterocycles. The highest BCUT2D eigenvalue weighted by Gasteiger charge is 2.15. The van der Waals surface area contributed by atoms with Crippen LogP contribution in [0, 0.1) is 0 Å². The van der Waals surface area contributed by atoms with Crippen molar-refractivity contribution < 1.29 is 23.9 Å². The molecule has 3 amide bonds. The molecule has 0 aliphatic heterocycles. The molecule has 1 heterocycles. The monoisotopic (exact) mass is 487 g/mol. The molecule has 0 aliphatic rings. The number of anilines is 3. The van der Waals surface area contributed by atoms with E-state index in [4.69, 9.17) is 9.47 Å². The van der Waals surface area contributed by atoms with Crippen molar-refractivity contribution in [1.29, 1.82) is 0 Å². The van der Waals surface area contributed by atoms with Gasteiger partial charge in [-0.3, -0.25) is 10.1 Å². The number of ether oxygens (including phenoxy) is 2. The SMILES string of the molecule is CCOC(=O)c1ccccc1NC(=O)CSc1nnc(NC(=O)Nc2ccc(OC)cc2)s1. The predicted octanol–water partition coefficient (Wildman–Crippen LogP) is 4.10. The van der Waals surface area contributed by atoms with Gasteiger partial charge in [0.05, 0.1) is 30.7 Å². The Morgan fingerprint density at radius 2 is 1.76 bits per heavy atom. The van der Waals surface area contributed by atoms with Crippen molar-refractivity contribution in [1.82, 2.24) is 10.2 Å². The number of hydrogen-bond donors (Lipinski definition) is 3. The van der Waals surface area contributed by atoms with Crippen LogP contribution in [0.15, 0.2) is 52.9 Å².